The molecule has 0 saturated carbocycles. The van der Waals surface area contributed by atoms with Crippen LogP contribution in [0, 0.1) is 11.6 Å². The van der Waals surface area contributed by atoms with Crippen molar-refractivity contribution in [3.63, 3.8) is 0 Å². The first-order chi connectivity index (χ1) is 9.13. The number of aromatic hydroxyl groups is 1. The Hall–Kier alpha value is -2.30. The van der Waals surface area contributed by atoms with Crippen molar-refractivity contribution < 1.29 is 23.4 Å². The van der Waals surface area contributed by atoms with Gasteiger partial charge in [0, 0.05) is 11.1 Å². The maximum atomic E-state index is 14.0. The highest BCUT2D eigenvalue weighted by atomic mass is 19.1. The number of methoxy groups -OCH3 is 1. The van der Waals surface area contributed by atoms with Crippen LogP contribution in [0.4, 0.5) is 8.78 Å². The highest BCUT2D eigenvalue weighted by molar-refractivity contribution is 5.77. The van der Waals surface area contributed by atoms with E-state index in [2.05, 4.69) is 0 Å². The Morgan fingerprint density at radius 1 is 1.11 bits per heavy atom. The van der Waals surface area contributed by atoms with E-state index in [1.165, 1.54) is 19.2 Å². The van der Waals surface area contributed by atoms with Gasteiger partial charge in [-0.05, 0) is 29.8 Å². The van der Waals surface area contributed by atoms with Crippen LogP contribution >= 0.6 is 0 Å². The number of ether oxygens (including phenoxy) is 2. The lowest BCUT2D eigenvalue weighted by atomic mass is 9.96. The third kappa shape index (κ3) is 1.62. The minimum Gasteiger partial charge on any atom is -0.505 e. The van der Waals surface area contributed by atoms with Crippen LogP contribution in [0.1, 0.15) is 5.56 Å². The fourth-order valence-corrected chi connectivity index (χ4v) is 2.20. The Labute approximate surface area is 108 Å². The third-order valence-electron chi connectivity index (χ3n) is 3.16. The van der Waals surface area contributed by atoms with Crippen LogP contribution in [0.5, 0.6) is 17.2 Å². The predicted octanol–water partition coefficient (Wildman–Crippen LogP) is 3.24. The zero-order valence-electron chi connectivity index (χ0n) is 10.0. The largest absolute Gasteiger partial charge is 0.505 e. The molecule has 1 aliphatic heterocycles. The van der Waals surface area contributed by atoms with Gasteiger partial charge >= 0.3 is 0 Å². The minimum absolute atomic E-state index is 0.0388. The number of halogens is 2. The Morgan fingerprint density at radius 3 is 2.58 bits per heavy atom. The summed E-state index contributed by atoms with van der Waals surface area (Å²) in [6, 6.07) is 5.84. The van der Waals surface area contributed by atoms with Gasteiger partial charge in [0.25, 0.3) is 0 Å². The van der Waals surface area contributed by atoms with E-state index in [9.17, 15) is 13.9 Å². The second kappa shape index (κ2) is 4.12. The highest BCUT2D eigenvalue weighted by Gasteiger charge is 2.26. The highest BCUT2D eigenvalue weighted by Crippen LogP contribution is 2.43. The zero-order chi connectivity index (χ0) is 13.6. The topological polar surface area (TPSA) is 38.7 Å². The number of hydrogen-bond donors (Lipinski definition) is 1. The fraction of sp³-hybridized carbons (Fsp3) is 0.143. The van der Waals surface area contributed by atoms with Crippen molar-refractivity contribution in [2.45, 2.75) is 6.61 Å². The van der Waals surface area contributed by atoms with Gasteiger partial charge < -0.3 is 14.6 Å². The summed E-state index contributed by atoms with van der Waals surface area (Å²) in [7, 11) is 1.36. The lowest BCUT2D eigenvalue weighted by Crippen LogP contribution is -2.09. The molecule has 2 aromatic carbocycles. The average molecular weight is 264 g/mol. The molecule has 19 heavy (non-hydrogen) atoms. The molecular weight excluding hydrogens is 254 g/mol. The quantitative estimate of drug-likeness (QED) is 0.859. The lowest BCUT2D eigenvalue weighted by molar-refractivity contribution is 0.271. The minimum atomic E-state index is -0.737. The van der Waals surface area contributed by atoms with Gasteiger partial charge in [-0.3, -0.25) is 0 Å². The SMILES string of the molecule is COc1ccc2c(c1F)OCc1c-2ccc(O)c1F. The number of phenols is 1. The molecule has 2 aromatic rings. The Bertz CT molecular complexity index is 668. The van der Waals surface area contributed by atoms with Crippen molar-refractivity contribution in [3.05, 3.63) is 41.5 Å². The van der Waals surface area contributed by atoms with Gasteiger partial charge in [-0.25, -0.2) is 4.39 Å². The molecule has 1 N–H and O–H groups in total. The first kappa shape index (κ1) is 11.8. The van der Waals surface area contributed by atoms with Gasteiger partial charge in [-0.2, -0.15) is 4.39 Å². The molecule has 0 aromatic heterocycles. The lowest BCUT2D eigenvalue weighted by Gasteiger charge is -2.22. The smallest absolute Gasteiger partial charge is 0.207 e. The van der Waals surface area contributed by atoms with E-state index in [0.29, 0.717) is 11.1 Å². The Kier molecular flexibility index (Phi) is 2.55. The van der Waals surface area contributed by atoms with Crippen molar-refractivity contribution in [1.29, 1.82) is 0 Å². The summed E-state index contributed by atoms with van der Waals surface area (Å²) < 4.78 is 37.9. The van der Waals surface area contributed by atoms with E-state index in [-0.39, 0.29) is 23.7 Å². The Morgan fingerprint density at radius 2 is 1.84 bits per heavy atom. The molecule has 5 heteroatoms. The summed E-state index contributed by atoms with van der Waals surface area (Å²) in [5, 5.41) is 9.34. The second-order valence-corrected chi connectivity index (χ2v) is 4.17. The summed E-state index contributed by atoms with van der Waals surface area (Å²) in [4.78, 5) is 0. The zero-order valence-corrected chi connectivity index (χ0v) is 10.0. The maximum Gasteiger partial charge on any atom is 0.207 e. The molecule has 98 valence electrons. The fourth-order valence-electron chi connectivity index (χ4n) is 2.20. The van der Waals surface area contributed by atoms with Crippen LogP contribution in [-0.2, 0) is 6.61 Å². The molecule has 3 rings (SSSR count). The molecule has 0 radical (unpaired) electrons. The molecule has 1 aliphatic rings. The van der Waals surface area contributed by atoms with E-state index in [4.69, 9.17) is 9.47 Å². The molecule has 0 saturated heterocycles. The molecule has 0 atom stereocenters. The molecule has 0 spiro atoms. The summed E-state index contributed by atoms with van der Waals surface area (Å²) in [5.74, 6) is -1.68. The average Bonchev–Trinajstić information content (AvgIpc) is 2.43. The van der Waals surface area contributed by atoms with Gasteiger partial charge in [0.05, 0.1) is 7.11 Å². The standard InChI is InChI=1S/C14H10F2O3/c1-18-11-5-3-8-7-2-4-10(17)12(15)9(7)6-19-14(8)13(11)16/h2-5,17H,6H2,1H3. The summed E-state index contributed by atoms with van der Waals surface area (Å²) in [5.41, 5.74) is 1.17. The van der Waals surface area contributed by atoms with Crippen LogP contribution < -0.4 is 9.47 Å². The van der Waals surface area contributed by atoms with E-state index < -0.39 is 17.4 Å². The van der Waals surface area contributed by atoms with Crippen LogP contribution in [-0.4, -0.2) is 12.2 Å². The van der Waals surface area contributed by atoms with E-state index >= 15 is 0 Å². The normalized spacial score (nSPS) is 12.4. The number of rotatable bonds is 1. The number of hydrogen-bond acceptors (Lipinski definition) is 3. The van der Waals surface area contributed by atoms with Crippen molar-refractivity contribution >= 4 is 0 Å². The van der Waals surface area contributed by atoms with E-state index in [1.807, 2.05) is 0 Å². The van der Waals surface area contributed by atoms with Gasteiger partial charge in [0.2, 0.25) is 5.82 Å². The molecule has 3 nitrogen and oxygen atoms in total. The monoisotopic (exact) mass is 264 g/mol. The third-order valence-corrected chi connectivity index (χ3v) is 3.16. The van der Waals surface area contributed by atoms with Crippen LogP contribution in [0.2, 0.25) is 0 Å². The number of fused-ring (bicyclic) bond motifs is 3. The number of benzene rings is 2. The molecule has 0 fully saturated rings. The van der Waals surface area contributed by atoms with Crippen LogP contribution in [0.25, 0.3) is 11.1 Å². The molecule has 0 bridgehead atoms. The van der Waals surface area contributed by atoms with Gasteiger partial charge in [-0.15, -0.1) is 0 Å². The van der Waals surface area contributed by atoms with E-state index in [0.717, 1.165) is 0 Å². The van der Waals surface area contributed by atoms with Gasteiger partial charge in [0.1, 0.15) is 6.61 Å². The first-order valence-corrected chi connectivity index (χ1v) is 5.63. The number of phenolic OH excluding ortho intramolecular Hbond substituents is 1. The summed E-state index contributed by atoms with van der Waals surface area (Å²) in [6.07, 6.45) is 0. The second-order valence-electron chi connectivity index (χ2n) is 4.17. The van der Waals surface area contributed by atoms with Crippen LogP contribution in [0.3, 0.4) is 0 Å². The molecular formula is C14H10F2O3. The molecule has 0 unspecified atom stereocenters. The van der Waals surface area contributed by atoms with Gasteiger partial charge in [-0.1, -0.05) is 0 Å². The first-order valence-electron chi connectivity index (χ1n) is 5.63. The maximum absolute atomic E-state index is 14.0. The van der Waals surface area contributed by atoms with Crippen LogP contribution in [0.15, 0.2) is 24.3 Å². The predicted molar refractivity (Wildman–Crippen MR) is 64.3 cm³/mol. The summed E-state index contributed by atoms with van der Waals surface area (Å²) >= 11 is 0. The van der Waals surface area contributed by atoms with Gasteiger partial charge in [0.15, 0.2) is 23.1 Å². The van der Waals surface area contributed by atoms with Crippen molar-refractivity contribution in [2.24, 2.45) is 0 Å². The van der Waals surface area contributed by atoms with Crippen molar-refractivity contribution in [1.82, 2.24) is 0 Å². The molecule has 1 heterocycles. The van der Waals surface area contributed by atoms with Crippen molar-refractivity contribution in [3.8, 4) is 28.4 Å². The van der Waals surface area contributed by atoms with E-state index in [1.54, 1.807) is 12.1 Å². The summed E-state index contributed by atoms with van der Waals surface area (Å²) in [6.45, 7) is -0.132. The van der Waals surface area contributed by atoms with Crippen molar-refractivity contribution in [2.75, 3.05) is 7.11 Å². The molecule has 0 aliphatic carbocycles. The molecule has 0 amide bonds. The Balaban J connectivity index is 2.26.